The Labute approximate surface area is 126 Å². The number of carbonyl (C=O) groups is 2. The summed E-state index contributed by atoms with van der Waals surface area (Å²) >= 11 is -0.611. The predicted octanol–water partition coefficient (Wildman–Crippen LogP) is 2.04. The lowest BCUT2D eigenvalue weighted by Gasteiger charge is -2.18. The molecule has 2 N–H and O–H groups in total. The third-order valence-corrected chi connectivity index (χ3v) is 2.98. The molecule has 0 unspecified atom stereocenters. The van der Waals surface area contributed by atoms with Crippen molar-refractivity contribution in [2.24, 2.45) is 0 Å². The van der Waals surface area contributed by atoms with Gasteiger partial charge in [0.15, 0.2) is 11.6 Å². The van der Waals surface area contributed by atoms with Crippen LogP contribution in [0.3, 0.4) is 0 Å². The summed E-state index contributed by atoms with van der Waals surface area (Å²) in [5.41, 5.74) is 7.75. The lowest BCUT2D eigenvalue weighted by atomic mass is 9.83. The summed E-state index contributed by atoms with van der Waals surface area (Å²) < 4.78 is 9.56. The van der Waals surface area contributed by atoms with Gasteiger partial charge in [0.2, 0.25) is 0 Å². The monoisotopic (exact) mass is 301 g/mol. The molecule has 0 bridgehead atoms. The smallest absolute Gasteiger partial charge is 0.196 e. The Balaban J connectivity index is 0.000000361. The van der Waals surface area contributed by atoms with Crippen molar-refractivity contribution in [2.45, 2.75) is 0 Å². The van der Waals surface area contributed by atoms with E-state index < -0.39 is 11.2 Å². The third-order valence-electron chi connectivity index (χ3n) is 2.98. The number of nitrogens with two attached hydrogens (primary N) is 1. The normalized spacial score (nSPS) is 12.4. The zero-order valence-electron chi connectivity index (χ0n) is 11.8. The van der Waals surface area contributed by atoms with Gasteiger partial charge in [-0.3, -0.25) is 9.59 Å². The van der Waals surface area contributed by atoms with Gasteiger partial charge in [-0.1, -0.05) is 47.6 Å². The van der Waals surface area contributed by atoms with Crippen LogP contribution in [-0.4, -0.2) is 28.6 Å². The number of hydrogen-bond donors (Lipinski definition) is 1. The van der Waals surface area contributed by atoms with E-state index in [1.165, 1.54) is 0 Å². The highest BCUT2D eigenvalue weighted by Gasteiger charge is 2.30. The van der Waals surface area contributed by atoms with Crippen molar-refractivity contribution in [2.75, 3.05) is 18.2 Å². The van der Waals surface area contributed by atoms with Crippen molar-refractivity contribution in [3.8, 4) is 0 Å². The summed E-state index contributed by atoms with van der Waals surface area (Å²) in [7, 11) is 0. The zero-order chi connectivity index (χ0) is 15.6. The average Bonchev–Trinajstić information content (AvgIpc) is 2.44. The molecule has 0 amide bonds. The van der Waals surface area contributed by atoms with Crippen molar-refractivity contribution < 1.29 is 14.1 Å². The Bertz CT molecular complexity index is 708. The molecule has 0 saturated heterocycles. The van der Waals surface area contributed by atoms with Gasteiger partial charge < -0.3 is 10.3 Å². The van der Waals surface area contributed by atoms with Crippen molar-refractivity contribution >= 4 is 28.4 Å². The molecule has 3 rings (SSSR count). The van der Waals surface area contributed by atoms with Gasteiger partial charge in [0.1, 0.15) is 0 Å². The van der Waals surface area contributed by atoms with Gasteiger partial charge in [-0.15, -0.1) is 0 Å². The largest absolute Gasteiger partial charge is 0.617 e. The van der Waals surface area contributed by atoms with Crippen LogP contribution in [0.25, 0.3) is 0 Å². The van der Waals surface area contributed by atoms with E-state index in [4.69, 9.17) is 5.73 Å². The second kappa shape index (κ2) is 6.11. The van der Waals surface area contributed by atoms with Gasteiger partial charge in [-0.25, -0.2) is 0 Å². The minimum absolute atomic E-state index is 0.137. The van der Waals surface area contributed by atoms with Gasteiger partial charge in [0.05, 0.1) is 18.1 Å². The molecule has 0 heterocycles. The van der Waals surface area contributed by atoms with Crippen molar-refractivity contribution in [1.82, 2.24) is 0 Å². The summed E-state index contributed by atoms with van der Waals surface area (Å²) in [6.45, 7) is 0. The minimum atomic E-state index is -0.611. The number of rotatable bonds is 0. The number of anilines is 1. The van der Waals surface area contributed by atoms with Crippen LogP contribution in [0.2, 0.25) is 0 Å². The summed E-state index contributed by atoms with van der Waals surface area (Å²) in [5, 5.41) is 0. The van der Waals surface area contributed by atoms with Crippen LogP contribution in [0.1, 0.15) is 31.8 Å². The highest BCUT2D eigenvalue weighted by Crippen LogP contribution is 2.30. The van der Waals surface area contributed by atoms with Crippen LogP contribution < -0.4 is 5.73 Å². The Hall–Kier alpha value is -2.11. The van der Waals surface area contributed by atoms with E-state index in [1.54, 1.807) is 55.0 Å². The maximum Gasteiger partial charge on any atom is 0.196 e. The molecule has 0 spiro atoms. The minimum Gasteiger partial charge on any atom is -0.617 e. The number of hydrogen-bond acceptors (Lipinski definition) is 4. The lowest BCUT2D eigenvalue weighted by molar-refractivity contribution is 0.0979. The molecule has 0 fully saturated rings. The fourth-order valence-corrected chi connectivity index (χ4v) is 2.17. The van der Waals surface area contributed by atoms with Crippen LogP contribution in [0.15, 0.2) is 42.5 Å². The van der Waals surface area contributed by atoms with Gasteiger partial charge in [-0.2, -0.15) is 0 Å². The second-order valence-electron chi connectivity index (χ2n) is 4.72. The molecule has 2 aromatic rings. The van der Waals surface area contributed by atoms with Gasteiger partial charge in [0.25, 0.3) is 0 Å². The summed E-state index contributed by atoms with van der Waals surface area (Å²) in [6, 6.07) is 11.8. The third kappa shape index (κ3) is 2.99. The Morgan fingerprint density at radius 3 is 1.90 bits per heavy atom. The van der Waals surface area contributed by atoms with Gasteiger partial charge >= 0.3 is 0 Å². The van der Waals surface area contributed by atoms with Crippen LogP contribution in [-0.2, 0) is 11.2 Å². The Morgan fingerprint density at radius 1 is 0.857 bits per heavy atom. The molecule has 0 radical (unpaired) electrons. The highest BCUT2D eigenvalue weighted by molar-refractivity contribution is 7.89. The molecule has 0 saturated carbocycles. The molecule has 0 aliphatic heterocycles. The van der Waals surface area contributed by atoms with Crippen LogP contribution in [0, 0.1) is 0 Å². The molecule has 0 aromatic heterocycles. The SMILES string of the molecule is C[S+](C)[O-].Nc1cccc2c1C(=O)c1ccccc1C2=O. The first-order valence-electron chi connectivity index (χ1n) is 6.25. The van der Waals surface area contributed by atoms with Gasteiger partial charge in [0, 0.05) is 22.4 Å². The van der Waals surface area contributed by atoms with Crippen LogP contribution in [0.4, 0.5) is 5.69 Å². The van der Waals surface area contributed by atoms with E-state index >= 15 is 0 Å². The standard InChI is InChI=1S/C14H9NO2.C2H6OS/c15-11-7-3-6-10-12(11)14(17)9-5-2-1-4-8(9)13(10)16;1-4(2)3/h1-7H,15H2;1-2H3. The van der Waals surface area contributed by atoms with E-state index in [1.807, 2.05) is 0 Å². The molecule has 5 heteroatoms. The lowest BCUT2D eigenvalue weighted by Crippen LogP contribution is -2.22. The Kier molecular flexibility index (Phi) is 4.45. The summed E-state index contributed by atoms with van der Waals surface area (Å²) in [4.78, 5) is 24.4. The molecular weight excluding hydrogens is 286 g/mol. The maximum absolute atomic E-state index is 12.2. The second-order valence-corrected chi connectivity index (χ2v) is 6.20. The fourth-order valence-electron chi connectivity index (χ4n) is 2.17. The molecule has 0 atom stereocenters. The topological polar surface area (TPSA) is 83.2 Å². The van der Waals surface area contributed by atoms with E-state index in [0.717, 1.165) is 0 Å². The first-order chi connectivity index (χ1) is 9.93. The zero-order valence-corrected chi connectivity index (χ0v) is 12.6. The molecular formula is C16H15NO3S. The first kappa shape index (κ1) is 15.3. The van der Waals surface area contributed by atoms with Crippen molar-refractivity contribution in [1.29, 1.82) is 0 Å². The summed E-state index contributed by atoms with van der Waals surface area (Å²) in [6.07, 6.45) is 3.28. The highest BCUT2D eigenvalue weighted by atomic mass is 32.2. The van der Waals surface area contributed by atoms with E-state index in [-0.39, 0.29) is 11.6 Å². The van der Waals surface area contributed by atoms with Gasteiger partial charge in [-0.05, 0) is 6.07 Å². The number of ketones is 2. The van der Waals surface area contributed by atoms with Crippen molar-refractivity contribution in [3.05, 3.63) is 64.7 Å². The molecule has 108 valence electrons. The number of fused-ring (bicyclic) bond motifs is 2. The van der Waals surface area contributed by atoms with E-state index in [9.17, 15) is 14.1 Å². The van der Waals surface area contributed by atoms with Crippen LogP contribution in [0.5, 0.6) is 0 Å². The first-order valence-corrected chi connectivity index (χ1v) is 8.22. The molecule has 21 heavy (non-hydrogen) atoms. The number of nitrogen functional groups attached to an aromatic ring is 1. The molecule has 1 aliphatic rings. The van der Waals surface area contributed by atoms with E-state index in [2.05, 4.69) is 0 Å². The predicted molar refractivity (Wildman–Crippen MR) is 84.2 cm³/mol. The van der Waals surface area contributed by atoms with Crippen LogP contribution >= 0.6 is 0 Å². The maximum atomic E-state index is 12.2. The molecule has 4 nitrogen and oxygen atoms in total. The van der Waals surface area contributed by atoms with E-state index in [0.29, 0.717) is 27.9 Å². The van der Waals surface area contributed by atoms with Crippen molar-refractivity contribution in [3.63, 3.8) is 0 Å². The quantitative estimate of drug-likeness (QED) is 0.509. The average molecular weight is 301 g/mol. The number of benzene rings is 2. The molecule has 1 aliphatic carbocycles. The molecule has 2 aromatic carbocycles. The Morgan fingerprint density at radius 2 is 1.33 bits per heavy atom. The fraction of sp³-hybridized carbons (Fsp3) is 0.125. The summed E-state index contributed by atoms with van der Waals surface area (Å²) in [5.74, 6) is -0.309. The number of carbonyl (C=O) groups excluding carboxylic acids is 2.